The summed E-state index contributed by atoms with van der Waals surface area (Å²) < 4.78 is 29.7. The Morgan fingerprint density at radius 2 is 1.62 bits per heavy atom. The molecule has 0 amide bonds. The third-order valence-electron chi connectivity index (χ3n) is 7.10. The summed E-state index contributed by atoms with van der Waals surface area (Å²) in [5.41, 5.74) is 3.05. The Kier molecular flexibility index (Phi) is 6.57. The number of piperidine rings is 1. The van der Waals surface area contributed by atoms with Gasteiger partial charge < -0.3 is 9.47 Å². The van der Waals surface area contributed by atoms with Crippen LogP contribution < -0.4 is 15.2 Å². The smallest absolute Gasteiger partial charge is 0.275 e. The molecule has 2 aliphatic heterocycles. The summed E-state index contributed by atoms with van der Waals surface area (Å²) >= 11 is 0. The SMILES string of the molecule is O=c1c(NS(=O)(=O)Cc2ccccc2)ccc2n1C[C@H]1C[C@@H]2C[NH+](CCCc2ccccc2)C1. The molecule has 3 atom stereocenters. The molecular weight excluding hydrogens is 446 g/mol. The first kappa shape index (κ1) is 22.9. The zero-order chi connectivity index (χ0) is 23.5. The van der Waals surface area contributed by atoms with E-state index < -0.39 is 10.0 Å². The van der Waals surface area contributed by atoms with Crippen LogP contribution >= 0.6 is 0 Å². The summed E-state index contributed by atoms with van der Waals surface area (Å²) in [6, 6.07) is 23.2. The van der Waals surface area contributed by atoms with Gasteiger partial charge in [-0.3, -0.25) is 9.52 Å². The Morgan fingerprint density at radius 3 is 2.35 bits per heavy atom. The average Bonchev–Trinajstić information content (AvgIpc) is 2.82. The molecule has 0 saturated carbocycles. The lowest BCUT2D eigenvalue weighted by molar-refractivity contribution is -0.911. The monoisotopic (exact) mass is 478 g/mol. The second-order valence-corrected chi connectivity index (χ2v) is 11.5. The van der Waals surface area contributed by atoms with Crippen LogP contribution in [0.4, 0.5) is 5.69 Å². The van der Waals surface area contributed by atoms with Crippen LogP contribution in [0.1, 0.15) is 35.6 Å². The predicted octanol–water partition coefficient (Wildman–Crippen LogP) is 2.43. The minimum atomic E-state index is -3.66. The highest BCUT2D eigenvalue weighted by molar-refractivity contribution is 7.91. The van der Waals surface area contributed by atoms with Gasteiger partial charge in [0.1, 0.15) is 5.69 Å². The van der Waals surface area contributed by atoms with Crippen LogP contribution in [0.5, 0.6) is 0 Å². The van der Waals surface area contributed by atoms with Crippen molar-refractivity contribution in [3.05, 3.63) is 100.0 Å². The fraction of sp³-hybridized carbons (Fsp3) is 0.370. The van der Waals surface area contributed by atoms with E-state index in [1.807, 2.05) is 28.8 Å². The van der Waals surface area contributed by atoms with Crippen LogP contribution in [-0.2, 0) is 28.7 Å². The number of rotatable bonds is 8. The van der Waals surface area contributed by atoms with Gasteiger partial charge in [0.15, 0.2) is 0 Å². The van der Waals surface area contributed by atoms with Crippen LogP contribution in [-0.4, -0.2) is 32.6 Å². The molecule has 0 radical (unpaired) electrons. The summed E-state index contributed by atoms with van der Waals surface area (Å²) in [7, 11) is -3.66. The number of anilines is 1. The van der Waals surface area contributed by atoms with Gasteiger partial charge in [0.05, 0.1) is 25.4 Å². The molecule has 2 aliphatic rings. The van der Waals surface area contributed by atoms with Crippen LogP contribution in [0.25, 0.3) is 0 Å². The van der Waals surface area contributed by atoms with Crippen LogP contribution in [0.2, 0.25) is 0 Å². The van der Waals surface area contributed by atoms with Gasteiger partial charge in [0.2, 0.25) is 10.0 Å². The molecule has 1 saturated heterocycles. The number of nitrogens with one attached hydrogen (secondary N) is 2. The topological polar surface area (TPSA) is 72.6 Å². The Hall–Kier alpha value is -2.90. The van der Waals surface area contributed by atoms with Gasteiger partial charge in [-0.15, -0.1) is 0 Å². The number of quaternary nitrogens is 1. The van der Waals surface area contributed by atoms with Crippen LogP contribution in [0, 0.1) is 5.92 Å². The van der Waals surface area contributed by atoms with Crippen molar-refractivity contribution in [2.24, 2.45) is 5.92 Å². The molecule has 5 rings (SSSR count). The summed E-state index contributed by atoms with van der Waals surface area (Å²) in [6.07, 6.45) is 3.37. The molecule has 2 bridgehead atoms. The number of pyridine rings is 1. The number of hydrogen-bond donors (Lipinski definition) is 2. The number of fused-ring (bicyclic) bond motifs is 4. The highest BCUT2D eigenvalue weighted by atomic mass is 32.2. The highest BCUT2D eigenvalue weighted by Gasteiger charge is 2.37. The number of aromatic nitrogens is 1. The lowest BCUT2D eigenvalue weighted by Gasteiger charge is -2.40. The zero-order valence-electron chi connectivity index (χ0n) is 19.3. The van der Waals surface area contributed by atoms with E-state index in [4.69, 9.17) is 0 Å². The predicted molar refractivity (Wildman–Crippen MR) is 135 cm³/mol. The first-order valence-electron chi connectivity index (χ1n) is 12.1. The number of nitrogens with zero attached hydrogens (tertiary/aromatic N) is 1. The lowest BCUT2D eigenvalue weighted by atomic mass is 9.83. The molecule has 34 heavy (non-hydrogen) atoms. The summed E-state index contributed by atoms with van der Waals surface area (Å²) in [5, 5.41) is 0. The van der Waals surface area contributed by atoms with E-state index in [1.165, 1.54) is 5.56 Å². The Labute approximate surface area is 201 Å². The number of benzene rings is 2. The maximum atomic E-state index is 13.2. The lowest BCUT2D eigenvalue weighted by Crippen LogP contribution is -3.14. The van der Waals surface area contributed by atoms with Crippen molar-refractivity contribution in [2.75, 3.05) is 24.4 Å². The average molecular weight is 479 g/mol. The molecule has 7 heteroatoms. The Morgan fingerprint density at radius 1 is 0.912 bits per heavy atom. The van der Waals surface area contributed by atoms with Gasteiger partial charge in [0.25, 0.3) is 5.56 Å². The molecule has 2 aromatic carbocycles. The van der Waals surface area contributed by atoms with Crippen molar-refractivity contribution < 1.29 is 13.3 Å². The second kappa shape index (κ2) is 9.76. The standard InChI is InChI=1S/C27H31N3O3S/c31-27-25(28-34(32,33)20-22-10-5-2-6-11-22)13-14-26-24-16-23(18-30(26)27)17-29(19-24)15-7-12-21-8-3-1-4-9-21/h1-6,8-11,13-14,23-24,28H,7,12,15-20H2/p+1/t23-,24+/m0/s1. The van der Waals surface area contributed by atoms with E-state index >= 15 is 0 Å². The quantitative estimate of drug-likeness (QED) is 0.522. The normalized spacial score (nSPS) is 21.6. The van der Waals surface area contributed by atoms with Crippen molar-refractivity contribution in [3.8, 4) is 0 Å². The maximum Gasteiger partial charge on any atom is 0.275 e. The molecule has 1 unspecified atom stereocenters. The van der Waals surface area contributed by atoms with Gasteiger partial charge in [0, 0.05) is 30.5 Å². The molecule has 3 aromatic rings. The third-order valence-corrected chi connectivity index (χ3v) is 8.35. The molecule has 0 spiro atoms. The van der Waals surface area contributed by atoms with E-state index in [1.54, 1.807) is 23.1 Å². The second-order valence-electron chi connectivity index (χ2n) is 9.73. The fourth-order valence-electron chi connectivity index (χ4n) is 5.64. The van der Waals surface area contributed by atoms with Crippen molar-refractivity contribution in [1.29, 1.82) is 0 Å². The van der Waals surface area contributed by atoms with Gasteiger partial charge in [-0.25, -0.2) is 8.42 Å². The van der Waals surface area contributed by atoms with Gasteiger partial charge in [-0.05, 0) is 36.1 Å². The van der Waals surface area contributed by atoms with Crippen molar-refractivity contribution in [2.45, 2.75) is 37.5 Å². The number of aryl methyl sites for hydroxylation is 1. The molecule has 0 aliphatic carbocycles. The minimum absolute atomic E-state index is 0.145. The molecule has 1 fully saturated rings. The summed E-state index contributed by atoms with van der Waals surface area (Å²) in [6.45, 7) is 3.91. The van der Waals surface area contributed by atoms with Crippen molar-refractivity contribution in [3.63, 3.8) is 0 Å². The summed E-state index contributed by atoms with van der Waals surface area (Å²) in [4.78, 5) is 14.8. The van der Waals surface area contributed by atoms with Crippen LogP contribution in [0.3, 0.4) is 0 Å². The van der Waals surface area contributed by atoms with E-state index in [9.17, 15) is 13.2 Å². The van der Waals surface area contributed by atoms with E-state index in [2.05, 4.69) is 35.1 Å². The summed E-state index contributed by atoms with van der Waals surface area (Å²) in [5.74, 6) is 0.649. The molecule has 178 valence electrons. The Balaban J connectivity index is 1.26. The fourth-order valence-corrected chi connectivity index (χ4v) is 6.83. The number of hydrogen-bond acceptors (Lipinski definition) is 3. The molecule has 6 nitrogen and oxygen atoms in total. The number of sulfonamides is 1. The molecular formula is C27H32N3O3S+. The van der Waals surface area contributed by atoms with Gasteiger partial charge in [-0.1, -0.05) is 60.7 Å². The van der Waals surface area contributed by atoms with Gasteiger partial charge in [-0.2, -0.15) is 0 Å². The number of likely N-dealkylation sites (tertiary alicyclic amines) is 1. The van der Waals surface area contributed by atoms with E-state index in [0.29, 0.717) is 23.9 Å². The van der Waals surface area contributed by atoms with Crippen molar-refractivity contribution >= 4 is 15.7 Å². The van der Waals surface area contributed by atoms with E-state index in [0.717, 1.165) is 44.6 Å². The minimum Gasteiger partial charge on any atom is -0.334 e. The van der Waals surface area contributed by atoms with E-state index in [-0.39, 0.29) is 17.0 Å². The maximum absolute atomic E-state index is 13.2. The Bertz CT molecular complexity index is 1290. The zero-order valence-corrected chi connectivity index (χ0v) is 20.1. The molecule has 1 aromatic heterocycles. The highest BCUT2D eigenvalue weighted by Crippen LogP contribution is 2.31. The van der Waals surface area contributed by atoms with Crippen LogP contribution in [0.15, 0.2) is 77.6 Å². The molecule has 3 heterocycles. The largest absolute Gasteiger partial charge is 0.334 e. The first-order chi connectivity index (χ1) is 16.5. The third kappa shape index (κ3) is 5.26. The van der Waals surface area contributed by atoms with Crippen molar-refractivity contribution in [1.82, 2.24) is 4.57 Å². The van der Waals surface area contributed by atoms with Gasteiger partial charge >= 0.3 is 0 Å². The molecule has 2 N–H and O–H groups in total. The first-order valence-corrected chi connectivity index (χ1v) is 13.8.